The number of allylic oxidation sites excluding steroid dienone is 1. The van der Waals surface area contributed by atoms with Gasteiger partial charge in [0.05, 0.1) is 12.3 Å². The van der Waals surface area contributed by atoms with Crippen molar-refractivity contribution < 1.29 is 23.4 Å². The van der Waals surface area contributed by atoms with Gasteiger partial charge in [-0.15, -0.1) is 0 Å². The van der Waals surface area contributed by atoms with Crippen molar-refractivity contribution in [1.29, 1.82) is 5.41 Å². The Morgan fingerprint density at radius 3 is 2.67 bits per heavy atom. The Morgan fingerprint density at radius 1 is 1.48 bits per heavy atom. The van der Waals surface area contributed by atoms with Gasteiger partial charge in [-0.2, -0.15) is 0 Å². The molecule has 114 valence electrons. The zero-order chi connectivity index (χ0) is 16.0. The van der Waals surface area contributed by atoms with Gasteiger partial charge in [0, 0.05) is 11.4 Å². The summed E-state index contributed by atoms with van der Waals surface area (Å²) in [5, 5.41) is 17.6. The first-order chi connectivity index (χ1) is 9.86. The number of carbonyl (C=O) groups excluding carboxylic acids is 1. The fraction of sp³-hybridized carbons (Fsp3) is 0.286. The number of aliphatic hydroxyl groups is 1. The number of ether oxygens (including phenoxy) is 1. The molecule has 0 aliphatic heterocycles. The van der Waals surface area contributed by atoms with Gasteiger partial charge in [0.15, 0.2) is 5.76 Å². The number of hydrogen-bond donors (Lipinski definition) is 2. The SMILES string of the molecule is CCOC(=O)C(C(=N)Cc1cccc(Cl)c1)=C(O)C(F)F. The second-order valence-electron chi connectivity index (χ2n) is 4.07. The van der Waals surface area contributed by atoms with Crippen LogP contribution in [0.1, 0.15) is 12.5 Å². The van der Waals surface area contributed by atoms with Gasteiger partial charge in [-0.25, -0.2) is 13.6 Å². The van der Waals surface area contributed by atoms with Crippen molar-refractivity contribution in [3.05, 3.63) is 46.2 Å². The second-order valence-corrected chi connectivity index (χ2v) is 4.50. The van der Waals surface area contributed by atoms with E-state index in [-0.39, 0.29) is 13.0 Å². The lowest BCUT2D eigenvalue weighted by atomic mass is 10.0. The van der Waals surface area contributed by atoms with E-state index in [1.807, 2.05) is 0 Å². The molecule has 0 heterocycles. The molecule has 2 N–H and O–H groups in total. The highest BCUT2D eigenvalue weighted by molar-refractivity contribution is 6.30. The minimum atomic E-state index is -3.26. The van der Waals surface area contributed by atoms with Crippen LogP contribution in [-0.4, -0.2) is 29.8 Å². The van der Waals surface area contributed by atoms with Crippen LogP contribution >= 0.6 is 11.6 Å². The molecule has 0 saturated carbocycles. The molecule has 0 atom stereocenters. The molecule has 0 aliphatic rings. The zero-order valence-corrected chi connectivity index (χ0v) is 12.0. The largest absolute Gasteiger partial charge is 0.506 e. The lowest BCUT2D eigenvalue weighted by Crippen LogP contribution is -2.21. The molecule has 4 nitrogen and oxygen atoms in total. The van der Waals surface area contributed by atoms with E-state index < -0.39 is 29.4 Å². The summed E-state index contributed by atoms with van der Waals surface area (Å²) in [6.45, 7) is 1.44. The summed E-state index contributed by atoms with van der Waals surface area (Å²) in [4.78, 5) is 11.6. The van der Waals surface area contributed by atoms with Gasteiger partial charge in [-0.3, -0.25) is 0 Å². The summed E-state index contributed by atoms with van der Waals surface area (Å²) in [7, 11) is 0. The Labute approximate surface area is 125 Å². The van der Waals surface area contributed by atoms with Gasteiger partial charge in [0.1, 0.15) is 5.57 Å². The summed E-state index contributed by atoms with van der Waals surface area (Å²) < 4.78 is 29.8. The number of esters is 1. The van der Waals surface area contributed by atoms with E-state index in [1.165, 1.54) is 13.0 Å². The van der Waals surface area contributed by atoms with Crippen molar-refractivity contribution >= 4 is 23.3 Å². The third kappa shape index (κ3) is 4.82. The van der Waals surface area contributed by atoms with Crippen LogP contribution in [0, 0.1) is 5.41 Å². The molecule has 1 aromatic rings. The minimum Gasteiger partial charge on any atom is -0.506 e. The van der Waals surface area contributed by atoms with Crippen LogP contribution in [0.4, 0.5) is 8.78 Å². The van der Waals surface area contributed by atoms with Gasteiger partial charge in [0.2, 0.25) is 0 Å². The van der Waals surface area contributed by atoms with Crippen molar-refractivity contribution in [2.24, 2.45) is 0 Å². The van der Waals surface area contributed by atoms with Crippen molar-refractivity contribution in [3.63, 3.8) is 0 Å². The molecule has 0 radical (unpaired) electrons. The molecule has 0 bridgehead atoms. The van der Waals surface area contributed by atoms with E-state index in [0.29, 0.717) is 10.6 Å². The minimum absolute atomic E-state index is 0.0523. The van der Waals surface area contributed by atoms with Gasteiger partial charge in [0.25, 0.3) is 6.43 Å². The Kier molecular flexibility index (Phi) is 6.30. The molecule has 1 aromatic carbocycles. The van der Waals surface area contributed by atoms with E-state index in [1.54, 1.807) is 18.2 Å². The molecular weight excluding hydrogens is 304 g/mol. The summed E-state index contributed by atoms with van der Waals surface area (Å²) in [5.74, 6) is -2.61. The molecule has 1 rings (SSSR count). The monoisotopic (exact) mass is 317 g/mol. The van der Waals surface area contributed by atoms with Crippen molar-refractivity contribution in [2.45, 2.75) is 19.8 Å². The number of carbonyl (C=O) groups is 1. The number of rotatable bonds is 6. The first kappa shape index (κ1) is 17.1. The molecule has 0 aromatic heterocycles. The maximum atomic E-state index is 12.6. The van der Waals surface area contributed by atoms with Crippen LogP contribution in [0.2, 0.25) is 5.02 Å². The lowest BCUT2D eigenvalue weighted by Gasteiger charge is -2.11. The van der Waals surface area contributed by atoms with Crippen LogP contribution < -0.4 is 0 Å². The average molecular weight is 318 g/mol. The first-order valence-corrected chi connectivity index (χ1v) is 6.45. The number of halogens is 3. The summed E-state index contributed by atoms with van der Waals surface area (Å²) in [5.41, 5.74) is -0.725. The van der Waals surface area contributed by atoms with Crippen LogP contribution in [0.3, 0.4) is 0 Å². The van der Waals surface area contributed by atoms with Crippen molar-refractivity contribution in [2.75, 3.05) is 6.61 Å². The molecule has 0 amide bonds. The highest BCUT2D eigenvalue weighted by atomic mass is 35.5. The number of alkyl halides is 2. The second kappa shape index (κ2) is 7.73. The molecule has 0 fully saturated rings. The van der Waals surface area contributed by atoms with Crippen LogP contribution in [0.25, 0.3) is 0 Å². The van der Waals surface area contributed by atoms with Crippen LogP contribution in [0.5, 0.6) is 0 Å². The topological polar surface area (TPSA) is 70.4 Å². The Balaban J connectivity index is 3.07. The summed E-state index contributed by atoms with van der Waals surface area (Å²) in [6.07, 6.45) is -3.39. The fourth-order valence-corrected chi connectivity index (χ4v) is 1.85. The Morgan fingerprint density at radius 2 is 2.14 bits per heavy atom. The van der Waals surface area contributed by atoms with E-state index >= 15 is 0 Å². The van der Waals surface area contributed by atoms with E-state index in [2.05, 4.69) is 4.74 Å². The normalized spacial score (nSPS) is 12.0. The van der Waals surface area contributed by atoms with Gasteiger partial charge >= 0.3 is 5.97 Å². The number of benzene rings is 1. The molecule has 0 aliphatic carbocycles. The van der Waals surface area contributed by atoms with Gasteiger partial charge in [-0.1, -0.05) is 23.7 Å². The molecule has 0 saturated heterocycles. The number of aliphatic hydroxyl groups excluding tert-OH is 1. The number of hydrogen-bond acceptors (Lipinski definition) is 4. The number of nitrogens with one attached hydrogen (secondary N) is 1. The van der Waals surface area contributed by atoms with E-state index in [9.17, 15) is 18.7 Å². The van der Waals surface area contributed by atoms with Gasteiger partial charge in [-0.05, 0) is 24.6 Å². The Bertz CT molecular complexity index is 573. The van der Waals surface area contributed by atoms with Crippen molar-refractivity contribution in [1.82, 2.24) is 0 Å². The highest BCUT2D eigenvalue weighted by Gasteiger charge is 2.26. The van der Waals surface area contributed by atoms with Crippen molar-refractivity contribution in [3.8, 4) is 0 Å². The van der Waals surface area contributed by atoms with Gasteiger partial charge < -0.3 is 15.3 Å². The molecule has 0 unspecified atom stereocenters. The quantitative estimate of drug-likeness (QED) is 0.365. The first-order valence-electron chi connectivity index (χ1n) is 6.07. The maximum absolute atomic E-state index is 12.6. The lowest BCUT2D eigenvalue weighted by molar-refractivity contribution is -0.138. The maximum Gasteiger partial charge on any atom is 0.343 e. The molecule has 7 heteroatoms. The van der Waals surface area contributed by atoms with Crippen LogP contribution in [-0.2, 0) is 16.0 Å². The average Bonchev–Trinajstić information content (AvgIpc) is 2.38. The molecule has 0 spiro atoms. The predicted molar refractivity (Wildman–Crippen MR) is 75.2 cm³/mol. The molecule has 21 heavy (non-hydrogen) atoms. The third-order valence-electron chi connectivity index (χ3n) is 2.51. The van der Waals surface area contributed by atoms with Crippen LogP contribution in [0.15, 0.2) is 35.6 Å². The standard InChI is InChI=1S/C14H14ClF2NO3/c1-2-21-14(20)11(12(19)13(16)17)10(18)7-8-4-3-5-9(15)6-8/h3-6,13,18-19H,2,7H2,1H3. The third-order valence-corrected chi connectivity index (χ3v) is 2.75. The predicted octanol–water partition coefficient (Wildman–Crippen LogP) is 3.54. The summed E-state index contributed by atoms with van der Waals surface area (Å²) in [6, 6.07) is 6.42. The van der Waals surface area contributed by atoms with E-state index in [4.69, 9.17) is 17.0 Å². The highest BCUT2D eigenvalue weighted by Crippen LogP contribution is 2.18. The fourth-order valence-electron chi connectivity index (χ4n) is 1.63. The Hall–Kier alpha value is -1.95. The smallest absolute Gasteiger partial charge is 0.343 e. The zero-order valence-electron chi connectivity index (χ0n) is 11.2. The summed E-state index contributed by atoms with van der Waals surface area (Å²) >= 11 is 5.79. The molecular formula is C14H14ClF2NO3. The van der Waals surface area contributed by atoms with E-state index in [0.717, 1.165) is 0 Å².